The molecule has 21 aliphatic heterocycles. The highest BCUT2D eigenvalue weighted by Gasteiger charge is 2.61. The third kappa shape index (κ3) is 16.3. The first-order valence-corrected chi connectivity index (χ1v) is 34.4. The van der Waals surface area contributed by atoms with Crippen LogP contribution in [0.1, 0.15) is 0 Å². The molecular weight excluding hydrogens is 1350 g/mol. The van der Waals surface area contributed by atoms with Crippen LogP contribution in [0.15, 0.2) is 0 Å². The van der Waals surface area contributed by atoms with Crippen LogP contribution < -0.4 is 0 Å². The van der Waals surface area contributed by atoms with Gasteiger partial charge in [-0.3, -0.25) is 0 Å². The van der Waals surface area contributed by atoms with E-state index in [4.69, 9.17) is 221 Å². The summed E-state index contributed by atoms with van der Waals surface area (Å²) in [5, 5.41) is 0. The average Bonchev–Trinajstić information content (AvgIpc) is 0.788. The molecule has 0 amide bonds. The molecule has 0 aromatic heterocycles. The van der Waals surface area contributed by atoms with E-state index in [2.05, 4.69) is 0 Å². The summed E-state index contributed by atoms with van der Waals surface area (Å²) < 4.78 is 183. The molecule has 532 valence electrons. The van der Waals surface area contributed by atoms with E-state index in [0.29, 0.717) is 0 Å². The number of thiol groups is 7. The van der Waals surface area contributed by atoms with Gasteiger partial charge in [-0.05, 0) is 0 Å². The number of hydrogen-bond donors (Lipinski definition) is 7. The van der Waals surface area contributed by atoms with Gasteiger partial charge in [-0.15, -0.1) is 0 Å². The molecule has 28 nitrogen and oxygen atoms in total. The molecule has 0 radical (unpaired) electrons. The van der Waals surface area contributed by atoms with Crippen molar-refractivity contribution >= 4 is 88.4 Å². The summed E-state index contributed by atoms with van der Waals surface area (Å²) in [5.41, 5.74) is 0. The van der Waals surface area contributed by atoms with Crippen LogP contribution in [0.3, 0.4) is 0 Å². The molecule has 91 heavy (non-hydrogen) atoms. The second-order valence-electron chi connectivity index (χ2n) is 22.6. The lowest BCUT2D eigenvalue weighted by atomic mass is 9.95. The standard InChI is InChI=1S/C56H98O28S7/c1-57-36-29-22(15-85)71-50(43(36)64-8)79-30-23(16-86)73-52(45(66-10)37(30)58-2)81-32-25(18-88)75-54(47(68-12)39(32)60-4)83-34-27(20-90)77-56(49(70-14)41(34)62-6)84-35-28(21-91)76-55(48(69-13)42(35)63-7)82-33-26(19-89)74-53(46(67-11)40(33)61-5)80-31-24(17-87)72-51(78-29)44(65-9)38(31)59-3/h22-56,85-91H,15-21H2,1-14H3/t22-,23-,24-,25-,26-,27-,28-,29-,30-,31-,32-,33-,34-,35-,36-,37-,38-,39-,40-,41-,42-,43-,44-,45-,46-,47-,48-,49-,50+,51+,52+,53+,54+,55+,56+/m1/s1. The zero-order valence-corrected chi connectivity index (χ0v) is 60.0. The van der Waals surface area contributed by atoms with Crippen molar-refractivity contribution in [1.82, 2.24) is 0 Å². The van der Waals surface area contributed by atoms with Crippen molar-refractivity contribution in [3.05, 3.63) is 0 Å². The molecule has 21 aliphatic rings. The van der Waals surface area contributed by atoms with Crippen molar-refractivity contribution in [2.45, 2.75) is 215 Å². The van der Waals surface area contributed by atoms with Gasteiger partial charge in [0, 0.05) is 140 Å². The fourth-order valence-corrected chi connectivity index (χ4v) is 15.8. The summed E-state index contributed by atoms with van der Waals surface area (Å²) >= 11 is 33.4. The first-order chi connectivity index (χ1) is 44.2. The minimum Gasteiger partial charge on any atom is -0.376 e. The molecule has 35 heteroatoms. The predicted octanol–water partition coefficient (Wildman–Crippen LogP) is 0.489. The number of methoxy groups -OCH3 is 14. The fraction of sp³-hybridized carbons (Fsp3) is 1.00. The van der Waals surface area contributed by atoms with E-state index in [-0.39, 0.29) is 40.3 Å². The van der Waals surface area contributed by atoms with E-state index in [0.717, 1.165) is 0 Å². The van der Waals surface area contributed by atoms with Crippen LogP contribution in [-0.4, -0.2) is 355 Å². The van der Waals surface area contributed by atoms with Crippen molar-refractivity contribution in [2.75, 3.05) is 140 Å². The highest BCUT2D eigenvalue weighted by atomic mass is 32.1. The van der Waals surface area contributed by atoms with Gasteiger partial charge in [0.15, 0.2) is 44.0 Å². The summed E-state index contributed by atoms with van der Waals surface area (Å²) in [6.45, 7) is 0. The minimum absolute atomic E-state index is 0.115. The molecule has 21 saturated heterocycles. The largest absolute Gasteiger partial charge is 0.376 e. The van der Waals surface area contributed by atoms with E-state index < -0.39 is 215 Å². The third-order valence-electron chi connectivity index (χ3n) is 18.2. The van der Waals surface area contributed by atoms with Gasteiger partial charge in [0.2, 0.25) is 0 Å². The fourth-order valence-electron chi connectivity index (χ4n) is 13.8. The van der Waals surface area contributed by atoms with Crippen LogP contribution >= 0.6 is 88.4 Å². The molecule has 0 aliphatic carbocycles. The number of rotatable bonds is 21. The molecule has 0 aromatic carbocycles. The van der Waals surface area contributed by atoms with Gasteiger partial charge in [-0.25, -0.2) is 0 Å². The van der Waals surface area contributed by atoms with Gasteiger partial charge in [0.1, 0.15) is 128 Å². The highest BCUT2D eigenvalue weighted by molar-refractivity contribution is 7.81. The van der Waals surface area contributed by atoms with Crippen LogP contribution in [-0.2, 0) is 133 Å². The van der Waals surface area contributed by atoms with E-state index in [1.807, 2.05) is 0 Å². The van der Waals surface area contributed by atoms with Crippen LogP contribution in [0, 0.1) is 0 Å². The number of ether oxygens (including phenoxy) is 28. The maximum absolute atomic E-state index is 6.95. The predicted molar refractivity (Wildman–Crippen MR) is 343 cm³/mol. The van der Waals surface area contributed by atoms with E-state index in [9.17, 15) is 0 Å². The topological polar surface area (TPSA) is 258 Å². The molecule has 21 rings (SSSR count). The molecule has 0 unspecified atom stereocenters. The summed E-state index contributed by atoms with van der Waals surface area (Å²) in [6.07, 6.45) is -33.1. The Morgan fingerprint density at radius 2 is 0.264 bits per heavy atom. The van der Waals surface area contributed by atoms with E-state index in [1.165, 1.54) is 99.5 Å². The van der Waals surface area contributed by atoms with Gasteiger partial charge in [0.25, 0.3) is 0 Å². The lowest BCUT2D eigenvalue weighted by Crippen LogP contribution is -2.69. The maximum Gasteiger partial charge on any atom is 0.187 e. The Labute approximate surface area is 572 Å². The Hall–Kier alpha value is 1.33. The molecule has 0 N–H and O–H groups in total. The smallest absolute Gasteiger partial charge is 0.187 e. The normalized spacial score (nSPS) is 48.7. The summed E-state index contributed by atoms with van der Waals surface area (Å²) in [4.78, 5) is 0. The van der Waals surface area contributed by atoms with Gasteiger partial charge in [0.05, 0.1) is 42.7 Å². The summed E-state index contributed by atoms with van der Waals surface area (Å²) in [7, 11) is 21.3. The first kappa shape index (κ1) is 78.1. The average molecular weight is 1440 g/mol. The highest BCUT2D eigenvalue weighted by Crippen LogP contribution is 2.43. The van der Waals surface area contributed by atoms with Crippen molar-refractivity contribution in [3.63, 3.8) is 0 Å². The Morgan fingerprint density at radius 1 is 0.165 bits per heavy atom. The molecular formula is C56H98O28S7. The van der Waals surface area contributed by atoms with Gasteiger partial charge >= 0.3 is 0 Å². The van der Waals surface area contributed by atoms with Gasteiger partial charge in [-0.2, -0.15) is 88.4 Å². The lowest BCUT2D eigenvalue weighted by molar-refractivity contribution is -0.394. The van der Waals surface area contributed by atoms with Crippen LogP contribution in [0.4, 0.5) is 0 Å². The molecule has 0 spiro atoms. The Bertz CT molecular complexity index is 1720. The van der Waals surface area contributed by atoms with E-state index >= 15 is 0 Å². The summed E-state index contributed by atoms with van der Waals surface area (Å²) in [5.74, 6) is 0.806. The monoisotopic (exact) mass is 1440 g/mol. The molecule has 35 atom stereocenters. The Morgan fingerprint density at radius 3 is 0.341 bits per heavy atom. The zero-order valence-electron chi connectivity index (χ0n) is 53.7. The minimum atomic E-state index is -1.14. The van der Waals surface area contributed by atoms with Crippen molar-refractivity contribution in [3.8, 4) is 0 Å². The van der Waals surface area contributed by atoms with Crippen molar-refractivity contribution in [2.24, 2.45) is 0 Å². The van der Waals surface area contributed by atoms with Crippen LogP contribution in [0.2, 0.25) is 0 Å². The maximum atomic E-state index is 6.95. The second-order valence-corrected chi connectivity index (χ2v) is 25.1. The Kier molecular flexibility index (Phi) is 32.0. The van der Waals surface area contributed by atoms with Crippen molar-refractivity contribution in [1.29, 1.82) is 0 Å². The molecule has 0 saturated carbocycles. The summed E-state index contributed by atoms with van der Waals surface area (Å²) in [6, 6.07) is 0. The Balaban J connectivity index is 1.19. The third-order valence-corrected chi connectivity index (χ3v) is 20.8. The molecule has 0 aromatic rings. The SMILES string of the molecule is CO[C@H]1[C@@H](OC)[C@@H]2O[C@H]3[C@@H](OC)[C@@H](OC)[C@H](O[C@H]4[C@@H](OC)[C@@H](OC)[C@H](O[C@H]5[C@@H](OC)[C@@H](OC)[C@H](O[C@H]6[C@@H](OC)[C@@H](OC)[C@H](O[C@H]7[C@@H](OC)[C@@H](OC)[C@H](O[C@H]8[C@@H](OC)[C@@H](OC)[C@H](O[C@@H]1[C@@H](CS)O2)O[C@@H]8CS)O[C@@H]7CS)O[C@@H]6CS)O[C@@H]5CS)O[C@@H]4CS)O[C@@H]3CS. The molecule has 14 bridgehead atoms. The van der Waals surface area contributed by atoms with E-state index in [1.54, 1.807) is 0 Å². The zero-order chi connectivity index (χ0) is 66.0. The second kappa shape index (κ2) is 37.3. The lowest BCUT2D eigenvalue weighted by Gasteiger charge is -2.52. The molecule has 21 heterocycles. The first-order valence-electron chi connectivity index (χ1n) is 30.0. The van der Waals surface area contributed by atoms with Crippen LogP contribution in [0.5, 0.6) is 0 Å². The van der Waals surface area contributed by atoms with Gasteiger partial charge < -0.3 is 133 Å². The quantitative estimate of drug-likeness (QED) is 0.0772. The van der Waals surface area contributed by atoms with Gasteiger partial charge in [-0.1, -0.05) is 0 Å². The molecule has 21 fully saturated rings. The van der Waals surface area contributed by atoms with Crippen LogP contribution in [0.25, 0.3) is 0 Å². The number of hydrogen-bond acceptors (Lipinski definition) is 35. The van der Waals surface area contributed by atoms with Crippen molar-refractivity contribution < 1.29 is 133 Å².